The minimum Gasteiger partial charge on any atom is -0.450 e. The molecular formula is C12H24N2O2. The highest BCUT2D eigenvalue weighted by Crippen LogP contribution is 2.24. The van der Waals surface area contributed by atoms with E-state index in [9.17, 15) is 4.79 Å². The summed E-state index contributed by atoms with van der Waals surface area (Å²) in [7, 11) is 0. The number of nitrogens with zero attached hydrogens (tertiary/aromatic N) is 1. The van der Waals surface area contributed by atoms with Crippen molar-refractivity contribution in [2.45, 2.75) is 33.1 Å². The molecule has 1 fully saturated rings. The van der Waals surface area contributed by atoms with Crippen LogP contribution in [0.4, 0.5) is 4.79 Å². The first-order valence-corrected chi connectivity index (χ1v) is 6.24. The third-order valence-corrected chi connectivity index (χ3v) is 3.44. The fourth-order valence-electron chi connectivity index (χ4n) is 2.30. The standard InChI is InChI=1S/C12H24N2O2/c1-10(2)11-4-7-14(8-5-11)6-3-9-16-12(13)15/h10-11H,3-9H2,1-2H3,(H2,13,15). The van der Waals surface area contributed by atoms with Gasteiger partial charge in [0.2, 0.25) is 0 Å². The number of amides is 1. The van der Waals surface area contributed by atoms with E-state index in [1.54, 1.807) is 0 Å². The summed E-state index contributed by atoms with van der Waals surface area (Å²) in [5, 5.41) is 0. The molecule has 0 aliphatic carbocycles. The number of nitrogens with two attached hydrogens (primary N) is 1. The number of likely N-dealkylation sites (tertiary alicyclic amines) is 1. The zero-order valence-electron chi connectivity index (χ0n) is 10.4. The van der Waals surface area contributed by atoms with Crippen LogP contribution in [0.2, 0.25) is 0 Å². The van der Waals surface area contributed by atoms with Crippen molar-refractivity contribution in [2.75, 3.05) is 26.2 Å². The van der Waals surface area contributed by atoms with Crippen LogP contribution in [-0.2, 0) is 4.74 Å². The molecule has 16 heavy (non-hydrogen) atoms. The van der Waals surface area contributed by atoms with Crippen LogP contribution in [0.1, 0.15) is 33.1 Å². The summed E-state index contributed by atoms with van der Waals surface area (Å²) in [5.41, 5.74) is 4.89. The molecule has 1 saturated heterocycles. The van der Waals surface area contributed by atoms with E-state index in [-0.39, 0.29) is 0 Å². The van der Waals surface area contributed by atoms with Gasteiger partial charge in [0.15, 0.2) is 0 Å². The summed E-state index contributed by atoms with van der Waals surface area (Å²) < 4.78 is 4.70. The highest BCUT2D eigenvalue weighted by Gasteiger charge is 2.20. The second kappa shape index (κ2) is 6.74. The van der Waals surface area contributed by atoms with Crippen molar-refractivity contribution in [3.05, 3.63) is 0 Å². The molecule has 94 valence electrons. The van der Waals surface area contributed by atoms with Crippen LogP contribution in [0.15, 0.2) is 0 Å². The largest absolute Gasteiger partial charge is 0.450 e. The third kappa shape index (κ3) is 4.84. The first kappa shape index (κ1) is 13.3. The van der Waals surface area contributed by atoms with Crippen LogP contribution < -0.4 is 5.73 Å². The lowest BCUT2D eigenvalue weighted by Crippen LogP contribution is -2.36. The Morgan fingerprint density at radius 2 is 2.06 bits per heavy atom. The van der Waals surface area contributed by atoms with Crippen molar-refractivity contribution in [3.63, 3.8) is 0 Å². The van der Waals surface area contributed by atoms with E-state index in [2.05, 4.69) is 18.7 Å². The average Bonchev–Trinajstić information content (AvgIpc) is 2.25. The zero-order chi connectivity index (χ0) is 12.0. The Hall–Kier alpha value is -0.770. The lowest BCUT2D eigenvalue weighted by Gasteiger charge is -2.33. The van der Waals surface area contributed by atoms with Crippen molar-refractivity contribution < 1.29 is 9.53 Å². The summed E-state index contributed by atoms with van der Waals surface area (Å²) in [6.45, 7) is 8.43. The molecule has 4 nitrogen and oxygen atoms in total. The van der Waals surface area contributed by atoms with Crippen molar-refractivity contribution >= 4 is 6.09 Å². The SMILES string of the molecule is CC(C)C1CCN(CCCOC(N)=O)CC1. The molecule has 0 atom stereocenters. The van der Waals surface area contributed by atoms with Crippen molar-refractivity contribution in [1.29, 1.82) is 0 Å². The van der Waals surface area contributed by atoms with Crippen molar-refractivity contribution in [3.8, 4) is 0 Å². The summed E-state index contributed by atoms with van der Waals surface area (Å²) >= 11 is 0. The van der Waals surface area contributed by atoms with E-state index >= 15 is 0 Å². The number of carbonyl (C=O) groups excluding carboxylic acids is 1. The van der Waals surface area contributed by atoms with Crippen LogP contribution in [0.3, 0.4) is 0 Å². The van der Waals surface area contributed by atoms with E-state index in [4.69, 9.17) is 10.5 Å². The molecule has 0 aromatic carbocycles. The summed E-state index contributed by atoms with van der Waals surface area (Å²) in [5.74, 6) is 1.69. The predicted octanol–water partition coefficient (Wildman–Crippen LogP) is 1.84. The molecule has 0 aromatic rings. The molecule has 0 bridgehead atoms. The van der Waals surface area contributed by atoms with Gasteiger partial charge in [-0.25, -0.2) is 4.79 Å². The first-order valence-electron chi connectivity index (χ1n) is 6.24. The summed E-state index contributed by atoms with van der Waals surface area (Å²) in [6, 6.07) is 0. The zero-order valence-corrected chi connectivity index (χ0v) is 10.4. The van der Waals surface area contributed by atoms with E-state index in [0.29, 0.717) is 6.61 Å². The molecule has 0 unspecified atom stereocenters. The fraction of sp³-hybridized carbons (Fsp3) is 0.917. The molecule has 1 amide bonds. The van der Waals surface area contributed by atoms with Crippen LogP contribution in [0.25, 0.3) is 0 Å². The monoisotopic (exact) mass is 228 g/mol. The first-order chi connectivity index (χ1) is 7.59. The van der Waals surface area contributed by atoms with Gasteiger partial charge < -0.3 is 15.4 Å². The van der Waals surface area contributed by atoms with Gasteiger partial charge in [0, 0.05) is 6.54 Å². The quantitative estimate of drug-likeness (QED) is 0.730. The fourth-order valence-corrected chi connectivity index (χ4v) is 2.30. The van der Waals surface area contributed by atoms with Gasteiger partial charge in [0.05, 0.1) is 6.61 Å². The Morgan fingerprint density at radius 1 is 1.44 bits per heavy atom. The van der Waals surface area contributed by atoms with Gasteiger partial charge in [-0.05, 0) is 44.2 Å². The van der Waals surface area contributed by atoms with Gasteiger partial charge in [-0.3, -0.25) is 0 Å². The van der Waals surface area contributed by atoms with Gasteiger partial charge in [0.25, 0.3) is 0 Å². The number of carbonyl (C=O) groups is 1. The maximum absolute atomic E-state index is 10.4. The minimum absolute atomic E-state index is 0.444. The second-order valence-corrected chi connectivity index (χ2v) is 4.94. The Labute approximate surface area is 98.1 Å². The lowest BCUT2D eigenvalue weighted by molar-refractivity contribution is 0.129. The second-order valence-electron chi connectivity index (χ2n) is 4.94. The average molecular weight is 228 g/mol. The number of piperidine rings is 1. The number of ether oxygens (including phenoxy) is 1. The smallest absolute Gasteiger partial charge is 0.404 e. The third-order valence-electron chi connectivity index (χ3n) is 3.44. The minimum atomic E-state index is -0.668. The maximum atomic E-state index is 10.4. The highest BCUT2D eigenvalue weighted by atomic mass is 16.5. The molecular weight excluding hydrogens is 204 g/mol. The maximum Gasteiger partial charge on any atom is 0.404 e. The molecule has 1 rings (SSSR count). The van der Waals surface area contributed by atoms with Gasteiger partial charge in [0.1, 0.15) is 0 Å². The van der Waals surface area contributed by atoms with Crippen LogP contribution in [0, 0.1) is 11.8 Å². The van der Waals surface area contributed by atoms with Gasteiger partial charge in [-0.1, -0.05) is 13.8 Å². The van der Waals surface area contributed by atoms with E-state index in [1.807, 2.05) is 0 Å². The number of rotatable bonds is 5. The Balaban J connectivity index is 2.06. The topological polar surface area (TPSA) is 55.6 Å². The van der Waals surface area contributed by atoms with Crippen molar-refractivity contribution in [2.24, 2.45) is 17.6 Å². The number of primary amides is 1. The highest BCUT2D eigenvalue weighted by molar-refractivity contribution is 5.64. The molecule has 0 radical (unpaired) electrons. The van der Waals surface area contributed by atoms with Crippen LogP contribution in [-0.4, -0.2) is 37.2 Å². The molecule has 0 saturated carbocycles. The molecule has 1 heterocycles. The predicted molar refractivity (Wildman–Crippen MR) is 64.2 cm³/mol. The molecule has 1 aliphatic heterocycles. The summed E-state index contributed by atoms with van der Waals surface area (Å²) in [6.07, 6.45) is 2.82. The van der Waals surface area contributed by atoms with E-state index in [0.717, 1.165) is 24.8 Å². The Morgan fingerprint density at radius 3 is 2.56 bits per heavy atom. The van der Waals surface area contributed by atoms with E-state index in [1.165, 1.54) is 25.9 Å². The Kier molecular flexibility index (Phi) is 5.60. The number of hydrogen-bond acceptors (Lipinski definition) is 3. The normalized spacial score (nSPS) is 18.9. The molecule has 4 heteroatoms. The number of hydrogen-bond donors (Lipinski definition) is 1. The van der Waals surface area contributed by atoms with Crippen molar-refractivity contribution in [1.82, 2.24) is 4.90 Å². The van der Waals surface area contributed by atoms with Crippen LogP contribution >= 0.6 is 0 Å². The van der Waals surface area contributed by atoms with E-state index < -0.39 is 6.09 Å². The molecule has 2 N–H and O–H groups in total. The molecule has 1 aliphatic rings. The lowest BCUT2D eigenvalue weighted by atomic mass is 9.87. The van der Waals surface area contributed by atoms with Crippen LogP contribution in [0.5, 0.6) is 0 Å². The molecule has 0 spiro atoms. The van der Waals surface area contributed by atoms with Gasteiger partial charge >= 0.3 is 6.09 Å². The Bertz CT molecular complexity index is 211. The van der Waals surface area contributed by atoms with Gasteiger partial charge in [-0.15, -0.1) is 0 Å². The molecule has 0 aromatic heterocycles. The van der Waals surface area contributed by atoms with Gasteiger partial charge in [-0.2, -0.15) is 0 Å². The summed E-state index contributed by atoms with van der Waals surface area (Å²) in [4.78, 5) is 12.8.